The number of carbonyl (C=O) groups excluding carboxylic acids is 1. The van der Waals surface area contributed by atoms with Gasteiger partial charge in [-0.25, -0.2) is 9.78 Å². The van der Waals surface area contributed by atoms with E-state index in [1.54, 1.807) is 7.11 Å². The summed E-state index contributed by atoms with van der Waals surface area (Å²) >= 11 is 0. The molecule has 1 aliphatic carbocycles. The van der Waals surface area contributed by atoms with Crippen LogP contribution in [0.15, 0.2) is 36.4 Å². The number of imidazole rings is 1. The summed E-state index contributed by atoms with van der Waals surface area (Å²) in [6.07, 6.45) is 3.45. The normalized spacial score (nSPS) is 19.4. The van der Waals surface area contributed by atoms with Gasteiger partial charge < -0.3 is 24.1 Å². The van der Waals surface area contributed by atoms with Crippen LogP contribution < -0.4 is 10.1 Å². The van der Waals surface area contributed by atoms with Crippen molar-refractivity contribution in [1.82, 2.24) is 9.55 Å². The van der Waals surface area contributed by atoms with Gasteiger partial charge in [0.2, 0.25) is 5.95 Å². The molecule has 1 aliphatic rings. The zero-order chi connectivity index (χ0) is 26.0. The third-order valence-corrected chi connectivity index (χ3v) is 6.83. The van der Waals surface area contributed by atoms with Crippen molar-refractivity contribution in [3.05, 3.63) is 47.5 Å². The predicted molar refractivity (Wildman–Crippen MR) is 143 cm³/mol. The third kappa shape index (κ3) is 5.67. The van der Waals surface area contributed by atoms with Crippen LogP contribution in [0.3, 0.4) is 0 Å². The summed E-state index contributed by atoms with van der Waals surface area (Å²) in [4.78, 5) is 17.5. The van der Waals surface area contributed by atoms with Gasteiger partial charge in [-0.1, -0.05) is 20.8 Å². The Hall–Kier alpha value is -3.06. The highest BCUT2D eigenvalue weighted by Crippen LogP contribution is 2.46. The summed E-state index contributed by atoms with van der Waals surface area (Å²) < 4.78 is 18.6. The molecule has 1 N–H and O–H groups in total. The molecule has 0 unspecified atom stereocenters. The van der Waals surface area contributed by atoms with E-state index in [4.69, 9.17) is 19.2 Å². The van der Waals surface area contributed by atoms with E-state index < -0.39 is 0 Å². The number of fused-ring (bicyclic) bond motifs is 1. The Morgan fingerprint density at radius 2 is 1.89 bits per heavy atom. The van der Waals surface area contributed by atoms with Gasteiger partial charge >= 0.3 is 5.97 Å². The molecule has 3 aromatic rings. The third-order valence-electron chi connectivity index (χ3n) is 6.83. The molecular formula is C29H39N3O4. The van der Waals surface area contributed by atoms with E-state index in [2.05, 4.69) is 30.7 Å². The van der Waals surface area contributed by atoms with Crippen LogP contribution in [-0.2, 0) is 16.1 Å². The number of hydrogen-bond acceptors (Lipinski definition) is 6. The average molecular weight is 494 g/mol. The van der Waals surface area contributed by atoms with Gasteiger partial charge in [-0.05, 0) is 86.4 Å². The van der Waals surface area contributed by atoms with Crippen molar-refractivity contribution in [2.45, 2.75) is 72.6 Å². The molecule has 1 aromatic heterocycles. The second-order valence-electron chi connectivity index (χ2n) is 11.1. The number of benzene rings is 2. The van der Waals surface area contributed by atoms with E-state index in [9.17, 15) is 4.79 Å². The molecule has 0 aliphatic heterocycles. The molecule has 1 heterocycles. The molecule has 1 fully saturated rings. The van der Waals surface area contributed by atoms with Gasteiger partial charge in [0.05, 0.1) is 36.4 Å². The summed E-state index contributed by atoms with van der Waals surface area (Å²) in [6, 6.07) is 12.1. The van der Waals surface area contributed by atoms with Gasteiger partial charge in [0, 0.05) is 18.8 Å². The molecule has 2 atom stereocenters. The summed E-state index contributed by atoms with van der Waals surface area (Å²) in [5.74, 6) is 1.81. The molecule has 7 nitrogen and oxygen atoms in total. The van der Waals surface area contributed by atoms with E-state index in [0.29, 0.717) is 18.1 Å². The van der Waals surface area contributed by atoms with Gasteiger partial charge in [-0.15, -0.1) is 0 Å². The van der Waals surface area contributed by atoms with Gasteiger partial charge in [0.1, 0.15) is 5.75 Å². The first-order valence-corrected chi connectivity index (χ1v) is 12.8. The second kappa shape index (κ2) is 10.5. The number of nitrogens with one attached hydrogen (secondary N) is 1. The maximum absolute atomic E-state index is 12.5. The first kappa shape index (κ1) is 26.0. The first-order valence-electron chi connectivity index (χ1n) is 12.8. The van der Waals surface area contributed by atoms with Crippen LogP contribution in [-0.4, -0.2) is 35.8 Å². The summed E-state index contributed by atoms with van der Waals surface area (Å²) in [5, 5.41) is 3.54. The number of methoxy groups -OCH3 is 2. The molecule has 0 radical (unpaired) electrons. The molecule has 0 amide bonds. The Kier molecular flexibility index (Phi) is 7.59. The summed E-state index contributed by atoms with van der Waals surface area (Å²) in [7, 11) is 3.03. The Bertz CT molecular complexity index is 1210. The minimum Gasteiger partial charge on any atom is -0.491 e. The Morgan fingerprint density at radius 3 is 2.50 bits per heavy atom. The minimum absolute atomic E-state index is 0.120. The van der Waals surface area contributed by atoms with Gasteiger partial charge in [0.15, 0.2) is 0 Å². The van der Waals surface area contributed by atoms with Crippen molar-refractivity contribution in [3.8, 4) is 5.75 Å². The van der Waals surface area contributed by atoms with Crippen molar-refractivity contribution >= 4 is 28.6 Å². The lowest BCUT2D eigenvalue weighted by Gasteiger charge is -2.40. The molecule has 0 bridgehead atoms. The number of carbonyl (C=O) groups is 1. The Labute approximate surface area is 214 Å². The van der Waals surface area contributed by atoms with E-state index in [-0.39, 0.29) is 23.5 Å². The maximum atomic E-state index is 12.5. The zero-order valence-electron chi connectivity index (χ0n) is 22.6. The Balaban J connectivity index is 1.82. The van der Waals surface area contributed by atoms with Crippen LogP contribution in [0.25, 0.3) is 11.0 Å². The molecule has 194 valence electrons. The number of nitrogens with zero attached hydrogens (tertiary/aromatic N) is 2. The van der Waals surface area contributed by atoms with Crippen LogP contribution in [0.4, 0.5) is 11.6 Å². The number of esters is 1. The van der Waals surface area contributed by atoms with Crippen LogP contribution >= 0.6 is 0 Å². The number of ether oxygens (including phenoxy) is 3. The molecule has 4 rings (SSSR count). The van der Waals surface area contributed by atoms with Crippen LogP contribution in [0.2, 0.25) is 0 Å². The van der Waals surface area contributed by atoms with Crippen molar-refractivity contribution in [1.29, 1.82) is 0 Å². The Morgan fingerprint density at radius 1 is 1.17 bits per heavy atom. The van der Waals surface area contributed by atoms with E-state index in [1.807, 2.05) is 50.2 Å². The quantitative estimate of drug-likeness (QED) is 0.345. The SMILES string of the molecule is COCc1cc2c(cc1C(=O)OC)nc(Nc1ccc(OC(C)C)cc1)n2[C@@H]1C[C@H](C)CC(C)(C)C1. The van der Waals surface area contributed by atoms with Gasteiger partial charge in [-0.3, -0.25) is 0 Å². The van der Waals surface area contributed by atoms with Gasteiger partial charge in [0.25, 0.3) is 0 Å². The number of aromatic nitrogens is 2. The molecule has 2 aromatic carbocycles. The fourth-order valence-electron chi connectivity index (χ4n) is 5.73. The fourth-order valence-corrected chi connectivity index (χ4v) is 5.73. The molecule has 7 heteroatoms. The first-order chi connectivity index (χ1) is 17.1. The predicted octanol–water partition coefficient (Wildman–Crippen LogP) is 6.89. The lowest BCUT2D eigenvalue weighted by molar-refractivity contribution is 0.0596. The van der Waals surface area contributed by atoms with Crippen molar-refractivity contribution < 1.29 is 19.0 Å². The number of rotatable bonds is 8. The van der Waals surface area contributed by atoms with Crippen LogP contribution in [0.1, 0.15) is 75.8 Å². The molecule has 36 heavy (non-hydrogen) atoms. The molecular weight excluding hydrogens is 454 g/mol. The highest BCUT2D eigenvalue weighted by atomic mass is 16.5. The lowest BCUT2D eigenvalue weighted by Crippen LogP contribution is -2.29. The van der Waals surface area contributed by atoms with Crippen molar-refractivity contribution in [2.24, 2.45) is 11.3 Å². The van der Waals surface area contributed by atoms with Crippen LogP contribution in [0.5, 0.6) is 5.75 Å². The minimum atomic E-state index is -0.388. The second-order valence-corrected chi connectivity index (χ2v) is 11.1. The zero-order valence-corrected chi connectivity index (χ0v) is 22.6. The number of hydrogen-bond donors (Lipinski definition) is 1. The topological polar surface area (TPSA) is 74.6 Å². The van der Waals surface area contributed by atoms with E-state index >= 15 is 0 Å². The molecule has 0 spiro atoms. The fraction of sp³-hybridized carbons (Fsp3) is 0.517. The monoisotopic (exact) mass is 493 g/mol. The van der Waals surface area contributed by atoms with Crippen molar-refractivity contribution in [2.75, 3.05) is 19.5 Å². The van der Waals surface area contributed by atoms with E-state index in [1.165, 1.54) is 13.5 Å². The number of anilines is 2. The maximum Gasteiger partial charge on any atom is 0.338 e. The molecule has 0 saturated heterocycles. The van der Waals surface area contributed by atoms with E-state index in [0.717, 1.165) is 46.8 Å². The smallest absolute Gasteiger partial charge is 0.338 e. The largest absolute Gasteiger partial charge is 0.491 e. The summed E-state index contributed by atoms with van der Waals surface area (Å²) in [5.41, 5.74) is 4.18. The summed E-state index contributed by atoms with van der Waals surface area (Å²) in [6.45, 7) is 11.4. The standard InChI is InChI=1S/C29H39N3O4/c1-18(2)36-23-10-8-21(9-11-23)30-28-31-25-14-24(27(33)35-7)20(17-34-6)13-26(25)32(28)22-12-19(3)15-29(4,5)16-22/h8-11,13-14,18-19,22H,12,15-17H2,1-7H3,(H,30,31)/t19-,22+/m0/s1. The highest BCUT2D eigenvalue weighted by Gasteiger charge is 2.35. The molecule has 1 saturated carbocycles. The van der Waals surface area contributed by atoms with Crippen molar-refractivity contribution in [3.63, 3.8) is 0 Å². The van der Waals surface area contributed by atoms with Crippen LogP contribution in [0, 0.1) is 11.3 Å². The van der Waals surface area contributed by atoms with Gasteiger partial charge in [-0.2, -0.15) is 0 Å². The lowest BCUT2D eigenvalue weighted by atomic mass is 9.70. The average Bonchev–Trinajstić information content (AvgIpc) is 3.14. The highest BCUT2D eigenvalue weighted by molar-refractivity contribution is 5.96.